The highest BCUT2D eigenvalue weighted by molar-refractivity contribution is 5.91. The van der Waals surface area contributed by atoms with Gasteiger partial charge in [-0.25, -0.2) is 4.98 Å². The van der Waals surface area contributed by atoms with Crippen molar-refractivity contribution in [3.63, 3.8) is 0 Å². The summed E-state index contributed by atoms with van der Waals surface area (Å²) in [6.07, 6.45) is 10.9. The van der Waals surface area contributed by atoms with E-state index in [1.807, 2.05) is 41.1 Å². The van der Waals surface area contributed by atoms with Crippen molar-refractivity contribution < 1.29 is 4.79 Å². The lowest BCUT2D eigenvalue weighted by atomic mass is 9.87. The first-order valence-corrected chi connectivity index (χ1v) is 9.53. The van der Waals surface area contributed by atoms with Crippen molar-refractivity contribution in [2.75, 3.05) is 5.32 Å². The molecular formula is C22H25N3O. The van der Waals surface area contributed by atoms with Gasteiger partial charge in [-0.05, 0) is 55.5 Å². The smallest absolute Gasteiger partial charge is 0.224 e. The summed E-state index contributed by atoms with van der Waals surface area (Å²) < 4.78 is 2.02. The van der Waals surface area contributed by atoms with Gasteiger partial charge in [0, 0.05) is 30.1 Å². The molecule has 0 radical (unpaired) electrons. The summed E-state index contributed by atoms with van der Waals surface area (Å²) in [6.45, 7) is 2.07. The average molecular weight is 347 g/mol. The molecule has 4 rings (SSSR count). The van der Waals surface area contributed by atoms with E-state index in [0.29, 0.717) is 12.3 Å². The van der Waals surface area contributed by atoms with Crippen LogP contribution in [0.3, 0.4) is 0 Å². The Hall–Kier alpha value is -2.62. The fourth-order valence-corrected chi connectivity index (χ4v) is 3.84. The number of anilines is 1. The highest BCUT2D eigenvalue weighted by Crippen LogP contribution is 2.27. The normalized spacial score (nSPS) is 15.3. The Kier molecular flexibility index (Phi) is 4.74. The van der Waals surface area contributed by atoms with E-state index < -0.39 is 0 Å². The summed E-state index contributed by atoms with van der Waals surface area (Å²) in [5, 5.41) is 3.07. The number of hydrogen-bond donors (Lipinski definition) is 1. The van der Waals surface area contributed by atoms with Crippen molar-refractivity contribution >= 4 is 17.2 Å². The number of hydrogen-bond acceptors (Lipinski definition) is 2. The number of aryl methyl sites for hydroxylation is 1. The Morgan fingerprint density at radius 3 is 2.88 bits per heavy atom. The molecule has 1 aliphatic carbocycles. The highest BCUT2D eigenvalue weighted by atomic mass is 16.1. The van der Waals surface area contributed by atoms with E-state index in [0.717, 1.165) is 22.6 Å². The summed E-state index contributed by atoms with van der Waals surface area (Å²) in [6, 6.07) is 12.1. The van der Waals surface area contributed by atoms with Gasteiger partial charge in [0.2, 0.25) is 5.91 Å². The SMILES string of the molecule is Cc1ccn2cc(-c3cccc(NC(=O)CC4CCCCC4)c3)nc2c1. The molecule has 1 amide bonds. The number of aromatic nitrogens is 2. The zero-order valence-electron chi connectivity index (χ0n) is 15.2. The zero-order valence-corrected chi connectivity index (χ0v) is 15.2. The summed E-state index contributed by atoms with van der Waals surface area (Å²) in [5.74, 6) is 0.674. The number of carbonyl (C=O) groups is 1. The van der Waals surface area contributed by atoms with Crippen LogP contribution in [0, 0.1) is 12.8 Å². The van der Waals surface area contributed by atoms with Gasteiger partial charge in [0.1, 0.15) is 5.65 Å². The van der Waals surface area contributed by atoms with Gasteiger partial charge < -0.3 is 9.72 Å². The number of imidazole rings is 1. The third-order valence-electron chi connectivity index (χ3n) is 5.26. The second-order valence-electron chi connectivity index (χ2n) is 7.43. The maximum atomic E-state index is 12.4. The molecule has 1 fully saturated rings. The molecule has 1 aliphatic rings. The molecule has 0 aliphatic heterocycles. The van der Waals surface area contributed by atoms with Crippen LogP contribution in [0.1, 0.15) is 44.1 Å². The van der Waals surface area contributed by atoms with Crippen LogP contribution in [0.25, 0.3) is 16.9 Å². The molecule has 134 valence electrons. The third-order valence-corrected chi connectivity index (χ3v) is 5.26. The predicted molar refractivity (Wildman–Crippen MR) is 105 cm³/mol. The van der Waals surface area contributed by atoms with Gasteiger partial charge in [-0.2, -0.15) is 0 Å². The summed E-state index contributed by atoms with van der Waals surface area (Å²) in [7, 11) is 0. The Balaban J connectivity index is 1.49. The molecule has 3 aromatic rings. The number of benzene rings is 1. The van der Waals surface area contributed by atoms with Gasteiger partial charge in [-0.1, -0.05) is 31.4 Å². The van der Waals surface area contributed by atoms with E-state index in [1.54, 1.807) is 0 Å². The average Bonchev–Trinajstić information content (AvgIpc) is 3.06. The van der Waals surface area contributed by atoms with E-state index >= 15 is 0 Å². The van der Waals surface area contributed by atoms with Crippen molar-refractivity contribution in [3.05, 3.63) is 54.4 Å². The van der Waals surface area contributed by atoms with Crippen LogP contribution in [0.2, 0.25) is 0 Å². The minimum atomic E-state index is 0.125. The van der Waals surface area contributed by atoms with E-state index in [4.69, 9.17) is 4.98 Å². The lowest BCUT2D eigenvalue weighted by molar-refractivity contribution is -0.117. The topological polar surface area (TPSA) is 46.4 Å². The first-order valence-electron chi connectivity index (χ1n) is 9.53. The molecule has 1 aromatic carbocycles. The number of amides is 1. The zero-order chi connectivity index (χ0) is 17.9. The summed E-state index contributed by atoms with van der Waals surface area (Å²) in [5.41, 5.74) is 4.91. The van der Waals surface area contributed by atoms with Gasteiger partial charge in [0.05, 0.1) is 5.69 Å². The van der Waals surface area contributed by atoms with Crippen molar-refractivity contribution in [3.8, 4) is 11.3 Å². The van der Waals surface area contributed by atoms with Gasteiger partial charge in [-0.15, -0.1) is 0 Å². The van der Waals surface area contributed by atoms with Crippen molar-refractivity contribution in [2.24, 2.45) is 5.92 Å². The number of pyridine rings is 1. The molecule has 0 atom stereocenters. The molecule has 0 bridgehead atoms. The molecule has 2 aromatic heterocycles. The largest absolute Gasteiger partial charge is 0.326 e. The van der Waals surface area contributed by atoms with Crippen LogP contribution >= 0.6 is 0 Å². The molecule has 4 nitrogen and oxygen atoms in total. The summed E-state index contributed by atoms with van der Waals surface area (Å²) in [4.78, 5) is 17.1. The Morgan fingerprint density at radius 1 is 1.19 bits per heavy atom. The van der Waals surface area contributed by atoms with E-state index in [2.05, 4.69) is 24.4 Å². The third kappa shape index (κ3) is 3.79. The summed E-state index contributed by atoms with van der Waals surface area (Å²) >= 11 is 0. The second-order valence-corrected chi connectivity index (χ2v) is 7.43. The predicted octanol–water partition coefficient (Wildman–Crippen LogP) is 5.22. The molecule has 4 heteroatoms. The molecule has 1 saturated carbocycles. The van der Waals surface area contributed by atoms with Gasteiger partial charge in [-0.3, -0.25) is 4.79 Å². The van der Waals surface area contributed by atoms with Gasteiger partial charge in [0.25, 0.3) is 0 Å². The standard InChI is InChI=1S/C22H25N3O/c1-16-10-11-25-15-20(24-21(25)12-16)18-8-5-9-19(14-18)23-22(26)13-17-6-3-2-4-7-17/h5,8-12,14-15,17H,2-4,6-7,13H2,1H3,(H,23,26). The Bertz CT molecular complexity index is 922. The van der Waals surface area contributed by atoms with E-state index in [1.165, 1.54) is 37.7 Å². The molecule has 0 spiro atoms. The number of rotatable bonds is 4. The maximum absolute atomic E-state index is 12.4. The first-order chi connectivity index (χ1) is 12.7. The molecular weight excluding hydrogens is 322 g/mol. The van der Waals surface area contributed by atoms with Crippen LogP contribution in [0.15, 0.2) is 48.8 Å². The van der Waals surface area contributed by atoms with Crippen LogP contribution in [-0.2, 0) is 4.79 Å². The van der Waals surface area contributed by atoms with Crippen molar-refractivity contribution in [1.29, 1.82) is 0 Å². The number of fused-ring (bicyclic) bond motifs is 1. The Labute approximate surface area is 154 Å². The van der Waals surface area contributed by atoms with Gasteiger partial charge in [0.15, 0.2) is 0 Å². The molecule has 1 N–H and O–H groups in total. The van der Waals surface area contributed by atoms with Gasteiger partial charge >= 0.3 is 0 Å². The first kappa shape index (κ1) is 16.8. The Morgan fingerprint density at radius 2 is 2.04 bits per heavy atom. The number of nitrogens with zero attached hydrogens (tertiary/aromatic N) is 2. The highest BCUT2D eigenvalue weighted by Gasteiger charge is 2.17. The molecule has 0 unspecified atom stereocenters. The van der Waals surface area contributed by atoms with E-state index in [-0.39, 0.29) is 5.91 Å². The fraction of sp³-hybridized carbons (Fsp3) is 0.364. The van der Waals surface area contributed by atoms with Crippen molar-refractivity contribution in [2.45, 2.75) is 45.4 Å². The fourth-order valence-electron chi connectivity index (χ4n) is 3.84. The van der Waals surface area contributed by atoms with Crippen LogP contribution < -0.4 is 5.32 Å². The monoisotopic (exact) mass is 347 g/mol. The number of nitrogens with one attached hydrogen (secondary N) is 1. The minimum Gasteiger partial charge on any atom is -0.326 e. The lowest BCUT2D eigenvalue weighted by Gasteiger charge is -2.20. The molecule has 26 heavy (non-hydrogen) atoms. The van der Waals surface area contributed by atoms with Crippen LogP contribution in [0.5, 0.6) is 0 Å². The maximum Gasteiger partial charge on any atom is 0.224 e. The van der Waals surface area contributed by atoms with Crippen LogP contribution in [0.4, 0.5) is 5.69 Å². The lowest BCUT2D eigenvalue weighted by Crippen LogP contribution is -2.18. The second kappa shape index (κ2) is 7.32. The van der Waals surface area contributed by atoms with Crippen LogP contribution in [-0.4, -0.2) is 15.3 Å². The van der Waals surface area contributed by atoms with E-state index in [9.17, 15) is 4.79 Å². The molecule has 0 saturated heterocycles. The quantitative estimate of drug-likeness (QED) is 0.703. The molecule has 2 heterocycles. The van der Waals surface area contributed by atoms with Crippen molar-refractivity contribution in [1.82, 2.24) is 9.38 Å². The number of carbonyl (C=O) groups excluding carboxylic acids is 1. The minimum absolute atomic E-state index is 0.125.